The van der Waals surface area contributed by atoms with Crippen LogP contribution in [-0.2, 0) is 5.60 Å². The summed E-state index contributed by atoms with van der Waals surface area (Å²) in [6, 6.07) is 28.6. The maximum atomic E-state index is 13.7. The third-order valence-electron chi connectivity index (χ3n) is 3.54. The van der Waals surface area contributed by atoms with Crippen molar-refractivity contribution in [3.05, 3.63) is 108 Å². The van der Waals surface area contributed by atoms with E-state index in [4.69, 9.17) is 0 Å². The molecule has 3 aromatic carbocycles. The minimum atomic E-state index is -1.37. The second-order valence-electron chi connectivity index (χ2n) is 4.78. The molecular weight excluding hydrogens is 283 g/mol. The van der Waals surface area contributed by atoms with Crippen molar-refractivity contribution in [3.8, 4) is 0 Å². The second-order valence-corrected chi connectivity index (χ2v) is 4.78. The van der Waals surface area contributed by atoms with Gasteiger partial charge in [-0.3, -0.25) is 0 Å². The molecule has 0 heterocycles. The standard InChI is InChI=1S/C19H15O.K/c20-19(16-10-4-1-5-11-16,17-12-6-2-7-13-17)18-14-8-3-9-15-18;/h1-15H;/q-1;+1. The first-order valence-electron chi connectivity index (χ1n) is 6.69. The van der Waals surface area contributed by atoms with Crippen LogP contribution in [0.3, 0.4) is 0 Å². The van der Waals surface area contributed by atoms with Crippen molar-refractivity contribution < 1.29 is 56.5 Å². The summed E-state index contributed by atoms with van der Waals surface area (Å²) in [5.74, 6) is 0. The molecule has 21 heavy (non-hydrogen) atoms. The minimum absolute atomic E-state index is 0. The Kier molecular flexibility index (Phi) is 5.94. The van der Waals surface area contributed by atoms with E-state index in [2.05, 4.69) is 0 Å². The van der Waals surface area contributed by atoms with Crippen LogP contribution in [-0.4, -0.2) is 0 Å². The topological polar surface area (TPSA) is 23.1 Å². The summed E-state index contributed by atoms with van der Waals surface area (Å²) < 4.78 is 0. The van der Waals surface area contributed by atoms with Gasteiger partial charge in [-0.05, 0) is 22.3 Å². The summed E-state index contributed by atoms with van der Waals surface area (Å²) in [6.07, 6.45) is 0. The molecule has 0 radical (unpaired) electrons. The van der Waals surface area contributed by atoms with Crippen LogP contribution in [0.5, 0.6) is 0 Å². The zero-order valence-electron chi connectivity index (χ0n) is 12.1. The molecular formula is C19H15KO. The van der Waals surface area contributed by atoms with E-state index in [1.165, 1.54) is 0 Å². The van der Waals surface area contributed by atoms with E-state index in [1.54, 1.807) is 0 Å². The molecule has 98 valence electrons. The van der Waals surface area contributed by atoms with Gasteiger partial charge in [-0.1, -0.05) is 91.0 Å². The molecule has 3 aromatic rings. The van der Waals surface area contributed by atoms with Crippen LogP contribution in [0.4, 0.5) is 0 Å². The second kappa shape index (κ2) is 7.50. The van der Waals surface area contributed by atoms with E-state index >= 15 is 0 Å². The van der Waals surface area contributed by atoms with Gasteiger partial charge in [0.1, 0.15) is 0 Å². The molecule has 0 bridgehead atoms. The molecule has 0 aliphatic rings. The zero-order chi connectivity index (χ0) is 13.8. The van der Waals surface area contributed by atoms with Crippen molar-refractivity contribution in [2.24, 2.45) is 0 Å². The normalized spacial score (nSPS) is 10.7. The van der Waals surface area contributed by atoms with Crippen LogP contribution in [0, 0.1) is 0 Å². The van der Waals surface area contributed by atoms with Crippen LogP contribution in [0.25, 0.3) is 0 Å². The van der Waals surface area contributed by atoms with Gasteiger partial charge in [-0.25, -0.2) is 0 Å². The third-order valence-corrected chi connectivity index (χ3v) is 3.54. The van der Waals surface area contributed by atoms with Crippen LogP contribution in [0.1, 0.15) is 16.7 Å². The van der Waals surface area contributed by atoms with Crippen LogP contribution < -0.4 is 56.5 Å². The first-order valence-corrected chi connectivity index (χ1v) is 6.69. The quantitative estimate of drug-likeness (QED) is 0.505. The molecule has 0 aliphatic heterocycles. The van der Waals surface area contributed by atoms with Crippen LogP contribution in [0.2, 0.25) is 0 Å². The molecule has 0 saturated heterocycles. The summed E-state index contributed by atoms with van der Waals surface area (Å²) in [4.78, 5) is 0. The number of hydrogen-bond acceptors (Lipinski definition) is 1. The Labute approximate surface area is 168 Å². The summed E-state index contributed by atoms with van der Waals surface area (Å²) >= 11 is 0. The fourth-order valence-electron chi connectivity index (χ4n) is 2.52. The first kappa shape index (κ1) is 16.6. The van der Waals surface area contributed by atoms with E-state index in [0.29, 0.717) is 0 Å². The molecule has 0 saturated carbocycles. The van der Waals surface area contributed by atoms with Crippen molar-refractivity contribution in [1.82, 2.24) is 0 Å². The summed E-state index contributed by atoms with van der Waals surface area (Å²) in [7, 11) is 0. The molecule has 3 rings (SSSR count). The van der Waals surface area contributed by atoms with Crippen molar-refractivity contribution in [2.75, 3.05) is 0 Å². The molecule has 1 nitrogen and oxygen atoms in total. The number of rotatable bonds is 3. The summed E-state index contributed by atoms with van der Waals surface area (Å²) in [5, 5.41) is 13.7. The van der Waals surface area contributed by atoms with Gasteiger partial charge in [-0.2, -0.15) is 0 Å². The van der Waals surface area contributed by atoms with Gasteiger partial charge in [0.25, 0.3) is 0 Å². The van der Waals surface area contributed by atoms with Crippen molar-refractivity contribution in [2.45, 2.75) is 5.60 Å². The molecule has 0 aliphatic carbocycles. The van der Waals surface area contributed by atoms with Crippen LogP contribution in [0.15, 0.2) is 91.0 Å². The predicted molar refractivity (Wildman–Crippen MR) is 79.2 cm³/mol. The van der Waals surface area contributed by atoms with Crippen molar-refractivity contribution >= 4 is 0 Å². The van der Waals surface area contributed by atoms with E-state index in [-0.39, 0.29) is 51.4 Å². The maximum Gasteiger partial charge on any atom is 1.00 e. The number of benzene rings is 3. The molecule has 0 unspecified atom stereocenters. The maximum absolute atomic E-state index is 13.7. The Bertz CT molecular complexity index is 569. The SMILES string of the molecule is [K+].[O-]C(c1ccccc1)(c1ccccc1)c1ccccc1. The largest absolute Gasteiger partial charge is 1.00 e. The molecule has 0 N–H and O–H groups in total. The van der Waals surface area contributed by atoms with Crippen molar-refractivity contribution in [1.29, 1.82) is 0 Å². The molecule has 0 fully saturated rings. The molecule has 0 atom stereocenters. The van der Waals surface area contributed by atoms with Gasteiger partial charge in [0.15, 0.2) is 0 Å². The molecule has 0 amide bonds. The average molecular weight is 298 g/mol. The Morgan fingerprint density at radius 3 is 0.952 bits per heavy atom. The van der Waals surface area contributed by atoms with Gasteiger partial charge in [0.2, 0.25) is 0 Å². The Hall–Kier alpha value is -0.744. The molecule has 0 spiro atoms. The van der Waals surface area contributed by atoms with Gasteiger partial charge < -0.3 is 5.11 Å². The van der Waals surface area contributed by atoms with Crippen molar-refractivity contribution in [3.63, 3.8) is 0 Å². The van der Waals surface area contributed by atoms with E-state index in [9.17, 15) is 5.11 Å². The van der Waals surface area contributed by atoms with E-state index < -0.39 is 5.60 Å². The molecule has 2 heteroatoms. The monoisotopic (exact) mass is 298 g/mol. The third kappa shape index (κ3) is 3.37. The molecule has 0 aromatic heterocycles. The van der Waals surface area contributed by atoms with E-state index in [0.717, 1.165) is 16.7 Å². The van der Waals surface area contributed by atoms with Gasteiger partial charge in [-0.15, -0.1) is 0 Å². The summed E-state index contributed by atoms with van der Waals surface area (Å²) in [5.41, 5.74) is 0.913. The number of hydrogen-bond donors (Lipinski definition) is 0. The average Bonchev–Trinajstić information content (AvgIpc) is 2.56. The predicted octanol–water partition coefficient (Wildman–Crippen LogP) is 0.343. The van der Waals surface area contributed by atoms with Gasteiger partial charge in [0.05, 0.1) is 0 Å². The smallest absolute Gasteiger partial charge is 0.839 e. The Balaban J connectivity index is 0.00000161. The van der Waals surface area contributed by atoms with Crippen LogP contribution >= 0.6 is 0 Å². The fourth-order valence-corrected chi connectivity index (χ4v) is 2.52. The van der Waals surface area contributed by atoms with Gasteiger partial charge in [0, 0.05) is 0 Å². The first-order chi connectivity index (χ1) is 9.82. The van der Waals surface area contributed by atoms with E-state index in [1.807, 2.05) is 91.0 Å². The zero-order valence-corrected chi connectivity index (χ0v) is 15.2. The minimum Gasteiger partial charge on any atom is -0.839 e. The Morgan fingerprint density at radius 1 is 0.476 bits per heavy atom. The fraction of sp³-hybridized carbons (Fsp3) is 0.0526. The summed E-state index contributed by atoms with van der Waals surface area (Å²) in [6.45, 7) is 0. The van der Waals surface area contributed by atoms with Gasteiger partial charge >= 0.3 is 51.4 Å². The Morgan fingerprint density at radius 2 is 0.714 bits per heavy atom.